The molecule has 296 valence electrons. The van der Waals surface area contributed by atoms with Gasteiger partial charge in [0.15, 0.2) is 11.6 Å². The van der Waals surface area contributed by atoms with Crippen LogP contribution in [0, 0.1) is 0 Å². The van der Waals surface area contributed by atoms with Crippen LogP contribution >= 0.6 is 0 Å². The molecule has 0 saturated heterocycles. The summed E-state index contributed by atoms with van der Waals surface area (Å²) >= 11 is 0. The third kappa shape index (κ3) is 6.65. The lowest BCUT2D eigenvalue weighted by Gasteiger charge is -2.43. The van der Waals surface area contributed by atoms with Gasteiger partial charge in [0.25, 0.3) is 0 Å². The van der Waals surface area contributed by atoms with Crippen LogP contribution in [0.25, 0.3) is 22.7 Å². The molecule has 0 fully saturated rings. The third-order valence-electron chi connectivity index (χ3n) is 12.5. The summed E-state index contributed by atoms with van der Waals surface area (Å²) in [6, 6.07) is 45.3. The average Bonchev–Trinajstić information content (AvgIpc) is 3.83. The van der Waals surface area contributed by atoms with Crippen LogP contribution in [0.1, 0.15) is 139 Å². The fourth-order valence-corrected chi connectivity index (χ4v) is 8.75. The van der Waals surface area contributed by atoms with Crippen molar-refractivity contribution >= 4 is 11.0 Å². The fourth-order valence-electron chi connectivity index (χ4n) is 8.75. The number of aromatic amines is 2. The summed E-state index contributed by atoms with van der Waals surface area (Å²) in [5.41, 5.74) is 12.5. The summed E-state index contributed by atoms with van der Waals surface area (Å²) in [5.74, 6) is 1.43. The number of benzene rings is 5. The lowest BCUT2D eigenvalue weighted by Crippen LogP contribution is -2.40. The molecule has 0 aliphatic heterocycles. The highest BCUT2D eigenvalue weighted by Gasteiger charge is 2.50. The van der Waals surface area contributed by atoms with Gasteiger partial charge in [0.1, 0.15) is 0 Å². The second kappa shape index (κ2) is 13.5. The maximum absolute atomic E-state index is 5.72. The molecule has 1 aliphatic carbocycles. The number of nitrogens with zero attached hydrogens (tertiary/aromatic N) is 2. The molecule has 0 spiro atoms. The Labute approximate surface area is 346 Å². The number of nitrogens with one attached hydrogen (secondary N) is 2. The number of fused-ring (bicyclic) bond motifs is 2. The Morgan fingerprint density at radius 3 is 1.10 bits per heavy atom. The van der Waals surface area contributed by atoms with Crippen molar-refractivity contribution in [2.75, 3.05) is 0 Å². The molecule has 0 atom stereocenters. The molecule has 2 aromatic heterocycles. The van der Waals surface area contributed by atoms with Crippen LogP contribution in [0.4, 0.5) is 0 Å². The van der Waals surface area contributed by atoms with Crippen molar-refractivity contribution in [3.05, 3.63) is 189 Å². The van der Waals surface area contributed by atoms with Crippen molar-refractivity contribution in [2.45, 2.75) is 116 Å². The van der Waals surface area contributed by atoms with E-state index in [-0.39, 0.29) is 21.7 Å². The van der Waals surface area contributed by atoms with Crippen molar-refractivity contribution < 1.29 is 0 Å². The van der Waals surface area contributed by atoms with Gasteiger partial charge in [-0.3, -0.25) is 0 Å². The van der Waals surface area contributed by atoms with Gasteiger partial charge in [-0.2, -0.15) is 0 Å². The minimum atomic E-state index is -0.719. The van der Waals surface area contributed by atoms with Crippen LogP contribution in [-0.2, 0) is 32.5 Å². The molecule has 7 aromatic rings. The first-order chi connectivity index (χ1) is 27.2. The molecule has 2 N–H and O–H groups in total. The van der Waals surface area contributed by atoms with E-state index in [0.29, 0.717) is 5.82 Å². The zero-order chi connectivity index (χ0) is 41.5. The number of aromatic nitrogens is 4. The molecule has 2 heterocycles. The smallest absolute Gasteiger partial charge is 0.174 e. The van der Waals surface area contributed by atoms with E-state index in [0.717, 1.165) is 28.2 Å². The van der Waals surface area contributed by atoms with Crippen LogP contribution in [0.5, 0.6) is 0 Å². The molecule has 1 aliphatic rings. The Balaban J connectivity index is 1.48. The second-order valence-electron chi connectivity index (χ2n) is 20.7. The maximum Gasteiger partial charge on any atom is 0.174 e. The van der Waals surface area contributed by atoms with E-state index in [1.807, 2.05) is 12.1 Å². The molecule has 4 heteroatoms. The predicted molar refractivity (Wildman–Crippen MR) is 243 cm³/mol. The van der Waals surface area contributed by atoms with Crippen LogP contribution < -0.4 is 0 Å². The average molecular weight is 765 g/mol. The van der Waals surface area contributed by atoms with E-state index in [4.69, 9.17) is 9.97 Å². The number of hydrogen-bond donors (Lipinski definition) is 2. The Morgan fingerprint density at radius 2 is 0.724 bits per heavy atom. The quantitative estimate of drug-likeness (QED) is 0.172. The molecular weight excluding hydrogens is 705 g/mol. The number of H-pyrrole nitrogens is 2. The monoisotopic (exact) mass is 764 g/mol. The highest BCUT2D eigenvalue weighted by molar-refractivity contribution is 5.78. The van der Waals surface area contributed by atoms with Gasteiger partial charge < -0.3 is 9.97 Å². The zero-order valence-electron chi connectivity index (χ0n) is 36.6. The van der Waals surface area contributed by atoms with Gasteiger partial charge in [-0.25, -0.2) is 9.97 Å². The number of imidazole rings is 2. The van der Waals surface area contributed by atoms with E-state index in [9.17, 15) is 0 Å². The summed E-state index contributed by atoms with van der Waals surface area (Å²) in [6.45, 7) is 27.3. The Bertz CT molecular complexity index is 2310. The van der Waals surface area contributed by atoms with Gasteiger partial charge in [-0.1, -0.05) is 204 Å². The Morgan fingerprint density at radius 1 is 0.379 bits per heavy atom. The second-order valence-corrected chi connectivity index (χ2v) is 20.7. The first-order valence-corrected chi connectivity index (χ1v) is 20.9. The molecule has 0 bridgehead atoms. The number of hydrogen-bond acceptors (Lipinski definition) is 2. The highest BCUT2D eigenvalue weighted by atomic mass is 15.0. The van der Waals surface area contributed by atoms with Crippen LogP contribution in [0.3, 0.4) is 0 Å². The van der Waals surface area contributed by atoms with Gasteiger partial charge in [0.05, 0.1) is 33.3 Å². The molecule has 5 aromatic carbocycles. The van der Waals surface area contributed by atoms with Gasteiger partial charge in [-0.05, 0) is 78.3 Å². The van der Waals surface area contributed by atoms with Gasteiger partial charge >= 0.3 is 0 Å². The van der Waals surface area contributed by atoms with E-state index in [1.165, 1.54) is 44.5 Å². The molecule has 4 nitrogen and oxygen atoms in total. The van der Waals surface area contributed by atoms with Crippen LogP contribution in [0.15, 0.2) is 133 Å². The number of rotatable bonds is 5. The van der Waals surface area contributed by atoms with E-state index >= 15 is 0 Å². The normalized spacial score (nSPS) is 15.4. The molecule has 8 rings (SSSR count). The van der Waals surface area contributed by atoms with Crippen LogP contribution in [0.2, 0.25) is 0 Å². The van der Waals surface area contributed by atoms with Crippen molar-refractivity contribution in [3.63, 3.8) is 0 Å². The third-order valence-corrected chi connectivity index (χ3v) is 12.5. The summed E-state index contributed by atoms with van der Waals surface area (Å²) in [7, 11) is 0. The van der Waals surface area contributed by atoms with E-state index in [2.05, 4.69) is 214 Å². The predicted octanol–water partition coefficient (Wildman–Crippen LogP) is 13.4. The van der Waals surface area contributed by atoms with Crippen LogP contribution in [-0.4, -0.2) is 19.9 Å². The molecule has 58 heavy (non-hydrogen) atoms. The van der Waals surface area contributed by atoms with Gasteiger partial charge in [0.2, 0.25) is 0 Å². The lowest BCUT2D eigenvalue weighted by atomic mass is 9.59. The summed E-state index contributed by atoms with van der Waals surface area (Å²) in [5, 5.41) is 0. The maximum atomic E-state index is 5.72. The van der Waals surface area contributed by atoms with Crippen molar-refractivity contribution in [2.24, 2.45) is 0 Å². The summed E-state index contributed by atoms with van der Waals surface area (Å²) in [6.07, 6.45) is 4.91. The van der Waals surface area contributed by atoms with Crippen molar-refractivity contribution in [1.82, 2.24) is 19.9 Å². The lowest BCUT2D eigenvalue weighted by molar-refractivity contribution is 0.584. The summed E-state index contributed by atoms with van der Waals surface area (Å²) < 4.78 is 0. The first-order valence-electron chi connectivity index (χ1n) is 20.9. The number of allylic oxidation sites excluding steroid dienone is 2. The largest absolute Gasteiger partial charge is 0.338 e. The minimum Gasteiger partial charge on any atom is -0.338 e. The highest BCUT2D eigenvalue weighted by Crippen LogP contribution is 2.54. The minimum absolute atomic E-state index is 0.0159. The molecular formula is C54H60N4. The summed E-state index contributed by atoms with van der Waals surface area (Å²) in [4.78, 5) is 18.4. The Kier molecular flexibility index (Phi) is 9.19. The molecule has 0 unspecified atom stereocenters. The van der Waals surface area contributed by atoms with E-state index in [1.54, 1.807) is 0 Å². The number of para-hydroxylation sites is 2. The molecule has 0 saturated carbocycles. The standard InChI is InChI=1S/C54H60N4/c1-49(2,3)35-17-25-39(26-18-35)53(40-27-19-36(20-28-40)50(4,5)6)33-34-54(41-29-21-37(22-30-41)51(7,8)9,42-31-23-38(24-32-42)52(10,11)12)46-45(53)57-48(58-46)47-55-43-15-13-14-16-44(43)56-47/h13-34H,1-12H3,(H,55,56)(H,57,58). The van der Waals surface area contributed by atoms with E-state index < -0.39 is 10.8 Å². The molecule has 0 radical (unpaired) electrons. The Hall–Kier alpha value is -5.48. The van der Waals surface area contributed by atoms with Crippen molar-refractivity contribution in [3.8, 4) is 11.6 Å². The van der Waals surface area contributed by atoms with Gasteiger partial charge in [0, 0.05) is 0 Å². The fraction of sp³-hybridized carbons (Fsp3) is 0.333. The van der Waals surface area contributed by atoms with Gasteiger partial charge in [-0.15, -0.1) is 0 Å². The topological polar surface area (TPSA) is 57.4 Å². The van der Waals surface area contributed by atoms with Crippen molar-refractivity contribution in [1.29, 1.82) is 0 Å². The SMILES string of the molecule is CC(C)(C)c1ccc(C2(c3ccc(C(C)(C)C)cc3)C=CC(c3ccc(C(C)(C)C)cc3)(c3ccc(C(C)(C)C)cc3)c3[nH]c(-c4nc5ccccc5[nH]4)nc32)cc1. The zero-order valence-corrected chi connectivity index (χ0v) is 36.6. The first kappa shape index (κ1) is 39.4. The molecule has 0 amide bonds.